The van der Waals surface area contributed by atoms with Crippen LogP contribution in [0.1, 0.15) is 16.1 Å². The van der Waals surface area contributed by atoms with Gasteiger partial charge in [-0.25, -0.2) is 0 Å². The number of pyridine rings is 1. The van der Waals surface area contributed by atoms with Crippen LogP contribution in [0.15, 0.2) is 71.7 Å². The van der Waals surface area contributed by atoms with Crippen LogP contribution >= 0.6 is 0 Å². The first-order valence-electron chi connectivity index (χ1n) is 11.9. The molecule has 0 saturated carbocycles. The van der Waals surface area contributed by atoms with E-state index < -0.39 is 11.5 Å². The molecule has 9 heteroatoms. The van der Waals surface area contributed by atoms with Crippen molar-refractivity contribution in [1.82, 2.24) is 20.1 Å². The topological polar surface area (TPSA) is 109 Å². The van der Waals surface area contributed by atoms with Crippen LogP contribution in [0, 0.1) is 6.92 Å². The number of benzene rings is 2. The van der Waals surface area contributed by atoms with E-state index in [0.717, 1.165) is 48.7 Å². The predicted molar refractivity (Wildman–Crippen MR) is 143 cm³/mol. The van der Waals surface area contributed by atoms with E-state index in [1.54, 1.807) is 6.07 Å². The third kappa shape index (κ3) is 4.87. The summed E-state index contributed by atoms with van der Waals surface area (Å²) >= 11 is 0. The van der Waals surface area contributed by atoms with Crippen molar-refractivity contribution in [3.8, 4) is 11.1 Å². The number of H-pyrrole nitrogens is 2. The maximum atomic E-state index is 13.2. The number of hydrogen-bond donors (Lipinski definition) is 4. The van der Waals surface area contributed by atoms with Crippen LogP contribution in [0.5, 0.6) is 0 Å². The lowest BCUT2D eigenvalue weighted by Gasteiger charge is -2.34. The molecule has 1 fully saturated rings. The van der Waals surface area contributed by atoms with Crippen molar-refractivity contribution in [3.63, 3.8) is 0 Å². The number of likely N-dealkylation sites (N-methyl/N-ethyl adjacent to an activating group) is 1. The first-order valence-corrected chi connectivity index (χ1v) is 11.9. The lowest BCUT2D eigenvalue weighted by atomic mass is 10.1. The molecule has 36 heavy (non-hydrogen) atoms. The molecule has 2 aromatic heterocycles. The first kappa shape index (κ1) is 23.4. The number of aromatic nitrogens is 3. The van der Waals surface area contributed by atoms with Gasteiger partial charge in [0.25, 0.3) is 11.5 Å². The van der Waals surface area contributed by atoms with Gasteiger partial charge >= 0.3 is 0 Å². The highest BCUT2D eigenvalue weighted by atomic mass is 16.2. The summed E-state index contributed by atoms with van der Waals surface area (Å²) in [5.41, 5.74) is 4.28. The molecule has 184 valence electrons. The van der Waals surface area contributed by atoms with Gasteiger partial charge in [0.2, 0.25) is 0 Å². The van der Waals surface area contributed by atoms with Crippen LogP contribution < -0.4 is 21.1 Å². The maximum absolute atomic E-state index is 13.2. The van der Waals surface area contributed by atoms with Crippen LogP contribution in [-0.2, 0) is 0 Å². The van der Waals surface area contributed by atoms with Crippen molar-refractivity contribution in [1.29, 1.82) is 0 Å². The normalized spacial score (nSPS) is 14.0. The fraction of sp³-hybridized carbons (Fsp3) is 0.222. The number of carbonyl (C=O) groups excluding carboxylic acids is 1. The van der Waals surface area contributed by atoms with Crippen LogP contribution in [0.4, 0.5) is 22.9 Å². The third-order valence-corrected chi connectivity index (χ3v) is 6.45. The zero-order chi connectivity index (χ0) is 25.1. The SMILES string of the molecule is Cc1n[nH]c(Nc2cc[nH]c(=O)c2C(=O)Nc2ccc(N3CCN(C)CC3)cc2)c1-c1ccccc1. The Morgan fingerprint density at radius 2 is 1.69 bits per heavy atom. The molecule has 1 saturated heterocycles. The Balaban J connectivity index is 1.37. The Kier molecular flexibility index (Phi) is 6.55. The summed E-state index contributed by atoms with van der Waals surface area (Å²) in [6.07, 6.45) is 1.51. The molecule has 0 spiro atoms. The van der Waals surface area contributed by atoms with Crippen LogP contribution in [0.25, 0.3) is 11.1 Å². The van der Waals surface area contributed by atoms with E-state index >= 15 is 0 Å². The van der Waals surface area contributed by atoms with E-state index in [1.807, 2.05) is 61.5 Å². The molecule has 1 amide bonds. The van der Waals surface area contributed by atoms with Crippen LogP contribution in [0.3, 0.4) is 0 Å². The maximum Gasteiger partial charge on any atom is 0.263 e. The van der Waals surface area contributed by atoms with Crippen molar-refractivity contribution in [2.75, 3.05) is 48.8 Å². The van der Waals surface area contributed by atoms with Gasteiger partial charge in [-0.3, -0.25) is 14.7 Å². The number of hydrogen-bond acceptors (Lipinski definition) is 6. The monoisotopic (exact) mass is 483 g/mol. The molecule has 0 aliphatic carbocycles. The molecule has 5 rings (SSSR count). The van der Waals surface area contributed by atoms with E-state index in [0.29, 0.717) is 17.2 Å². The standard InChI is InChI=1S/C27H29N7O2/c1-18-23(19-6-4-3-5-7-19)25(32-31-18)30-22-12-13-28-26(35)24(22)27(36)29-20-8-10-21(11-9-20)34-16-14-33(2)15-17-34/h3-13H,14-17H2,1-2H3,(H,29,36)(H3,28,30,31,32,35). The molecule has 2 aromatic carbocycles. The fourth-order valence-electron chi connectivity index (χ4n) is 4.44. The van der Waals surface area contributed by atoms with Gasteiger partial charge in [0.15, 0.2) is 0 Å². The van der Waals surface area contributed by atoms with E-state index in [9.17, 15) is 9.59 Å². The molecule has 0 atom stereocenters. The Morgan fingerprint density at radius 1 is 0.972 bits per heavy atom. The Hall–Kier alpha value is -4.37. The Labute approximate surface area is 209 Å². The predicted octanol–water partition coefficient (Wildman–Crippen LogP) is 3.82. The second-order valence-corrected chi connectivity index (χ2v) is 8.94. The quantitative estimate of drug-likeness (QED) is 0.332. The van der Waals surface area contributed by atoms with E-state index in [1.165, 1.54) is 6.20 Å². The number of piperazine rings is 1. The van der Waals surface area contributed by atoms with Crippen molar-refractivity contribution >= 4 is 28.8 Å². The van der Waals surface area contributed by atoms with Gasteiger partial charge in [0.1, 0.15) is 11.4 Å². The summed E-state index contributed by atoms with van der Waals surface area (Å²) in [6.45, 7) is 5.88. The van der Waals surface area contributed by atoms with Gasteiger partial charge in [0, 0.05) is 49.3 Å². The minimum absolute atomic E-state index is 0.00749. The molecule has 0 radical (unpaired) electrons. The molecule has 9 nitrogen and oxygen atoms in total. The second-order valence-electron chi connectivity index (χ2n) is 8.94. The highest BCUT2D eigenvalue weighted by Crippen LogP contribution is 2.31. The van der Waals surface area contributed by atoms with Gasteiger partial charge in [-0.1, -0.05) is 30.3 Å². The molecule has 4 N–H and O–H groups in total. The lowest BCUT2D eigenvalue weighted by molar-refractivity contribution is 0.102. The van der Waals surface area contributed by atoms with Crippen molar-refractivity contribution < 1.29 is 4.79 Å². The molecular formula is C27H29N7O2. The Morgan fingerprint density at radius 3 is 2.42 bits per heavy atom. The molecule has 0 bridgehead atoms. The molecular weight excluding hydrogens is 454 g/mol. The van der Waals surface area contributed by atoms with Crippen LogP contribution in [-0.4, -0.2) is 59.2 Å². The highest BCUT2D eigenvalue weighted by Gasteiger charge is 2.20. The third-order valence-electron chi connectivity index (χ3n) is 6.45. The van der Waals surface area contributed by atoms with Gasteiger partial charge in [-0.2, -0.15) is 5.10 Å². The van der Waals surface area contributed by atoms with Gasteiger partial charge in [0.05, 0.1) is 11.4 Å². The zero-order valence-corrected chi connectivity index (χ0v) is 20.3. The van der Waals surface area contributed by atoms with E-state index in [-0.39, 0.29) is 5.56 Å². The number of nitrogens with one attached hydrogen (secondary N) is 4. The molecule has 3 heterocycles. The highest BCUT2D eigenvalue weighted by molar-refractivity contribution is 6.08. The van der Waals surface area contributed by atoms with E-state index in [4.69, 9.17) is 0 Å². The molecule has 1 aliphatic rings. The lowest BCUT2D eigenvalue weighted by Crippen LogP contribution is -2.44. The summed E-state index contributed by atoms with van der Waals surface area (Å²) < 4.78 is 0. The summed E-state index contributed by atoms with van der Waals surface area (Å²) in [5, 5.41) is 13.4. The van der Waals surface area contributed by atoms with Crippen molar-refractivity contribution in [2.24, 2.45) is 0 Å². The van der Waals surface area contributed by atoms with E-state index in [2.05, 4.69) is 42.7 Å². The van der Waals surface area contributed by atoms with Gasteiger partial charge in [-0.15, -0.1) is 0 Å². The number of rotatable bonds is 6. The zero-order valence-electron chi connectivity index (χ0n) is 20.3. The number of nitrogens with zero attached hydrogens (tertiary/aromatic N) is 3. The summed E-state index contributed by atoms with van der Waals surface area (Å²) in [6, 6.07) is 19.2. The minimum atomic E-state index is -0.496. The average molecular weight is 484 g/mol. The van der Waals surface area contributed by atoms with Crippen molar-refractivity contribution in [3.05, 3.63) is 88.5 Å². The first-order chi connectivity index (χ1) is 17.5. The largest absolute Gasteiger partial charge is 0.369 e. The van der Waals surface area contributed by atoms with Gasteiger partial charge < -0.3 is 25.4 Å². The second kappa shape index (κ2) is 10.1. The molecule has 1 aliphatic heterocycles. The minimum Gasteiger partial charge on any atom is -0.369 e. The fourth-order valence-corrected chi connectivity index (χ4v) is 4.44. The number of aryl methyl sites for hydroxylation is 1. The molecule has 4 aromatic rings. The number of amides is 1. The van der Waals surface area contributed by atoms with Crippen LogP contribution in [0.2, 0.25) is 0 Å². The summed E-state index contributed by atoms with van der Waals surface area (Å²) in [5.74, 6) is 0.110. The van der Waals surface area contributed by atoms with Gasteiger partial charge in [-0.05, 0) is 49.9 Å². The summed E-state index contributed by atoms with van der Waals surface area (Å²) in [7, 11) is 2.13. The average Bonchev–Trinajstić information content (AvgIpc) is 3.25. The number of carbonyl (C=O) groups is 1. The molecule has 0 unspecified atom stereocenters. The summed E-state index contributed by atoms with van der Waals surface area (Å²) in [4.78, 5) is 33.2. The Bertz CT molecular complexity index is 1400. The van der Waals surface area contributed by atoms with Crippen molar-refractivity contribution in [2.45, 2.75) is 6.92 Å². The number of anilines is 4. The number of aromatic amines is 2. The smallest absolute Gasteiger partial charge is 0.263 e.